The number of carbonyl (C=O) groups is 2. The van der Waals surface area contributed by atoms with Crippen molar-refractivity contribution in [3.63, 3.8) is 0 Å². The molecule has 9 heteroatoms. The first-order valence-corrected chi connectivity index (χ1v) is 11.2. The van der Waals surface area contributed by atoms with Crippen LogP contribution in [0.2, 0.25) is 10.0 Å². The fraction of sp³-hybridized carbons (Fsp3) is 0.208. The first-order chi connectivity index (χ1) is 15.7. The first kappa shape index (κ1) is 24.8. The van der Waals surface area contributed by atoms with Crippen LogP contribution in [0.15, 0.2) is 48.6 Å². The van der Waals surface area contributed by atoms with E-state index in [4.69, 9.17) is 44.9 Å². The molecule has 2 aromatic rings. The number of nitrogens with zero attached hydrogens (tertiary/aromatic N) is 1. The molecule has 1 N–H and O–H groups in total. The molecule has 0 unspecified atom stereocenters. The van der Waals surface area contributed by atoms with Crippen molar-refractivity contribution in [1.29, 1.82) is 0 Å². The lowest BCUT2D eigenvalue weighted by Gasteiger charge is -2.25. The Morgan fingerprint density at radius 3 is 2.58 bits per heavy atom. The minimum Gasteiger partial charge on any atom is -0.490 e. The maximum absolute atomic E-state index is 12.6. The Labute approximate surface area is 207 Å². The van der Waals surface area contributed by atoms with E-state index in [1.807, 2.05) is 19.1 Å². The van der Waals surface area contributed by atoms with E-state index in [0.29, 0.717) is 40.1 Å². The summed E-state index contributed by atoms with van der Waals surface area (Å²) in [6, 6.07) is 8.83. The van der Waals surface area contributed by atoms with Gasteiger partial charge in [-0.2, -0.15) is 0 Å². The Hall–Kier alpha value is -2.87. The summed E-state index contributed by atoms with van der Waals surface area (Å²) in [7, 11) is 1.51. The molecule has 172 valence electrons. The topological polar surface area (TPSA) is 67.9 Å². The van der Waals surface area contributed by atoms with E-state index in [9.17, 15) is 9.59 Å². The van der Waals surface area contributed by atoms with E-state index < -0.39 is 11.8 Å². The highest BCUT2D eigenvalue weighted by atomic mass is 35.5. The molecular weight excluding hydrogens is 483 g/mol. The van der Waals surface area contributed by atoms with Crippen LogP contribution in [-0.4, -0.2) is 35.5 Å². The number of thiocarbonyl (C=S) groups is 1. The first-order valence-electron chi connectivity index (χ1n) is 10.1. The van der Waals surface area contributed by atoms with Crippen LogP contribution in [0.25, 0.3) is 6.08 Å². The van der Waals surface area contributed by atoms with Gasteiger partial charge < -0.3 is 9.47 Å². The normalized spacial score (nSPS) is 15.0. The van der Waals surface area contributed by atoms with Crippen LogP contribution >= 0.6 is 35.4 Å². The van der Waals surface area contributed by atoms with Gasteiger partial charge in [0.25, 0.3) is 11.8 Å². The van der Waals surface area contributed by atoms with Crippen molar-refractivity contribution >= 4 is 58.4 Å². The predicted octanol–water partition coefficient (Wildman–Crippen LogP) is 4.96. The molecule has 0 spiro atoms. The summed E-state index contributed by atoms with van der Waals surface area (Å²) in [6.07, 6.45) is 3.73. The second kappa shape index (κ2) is 10.8. The summed E-state index contributed by atoms with van der Waals surface area (Å²) in [5.74, 6) is -0.00260. The fourth-order valence-electron chi connectivity index (χ4n) is 3.20. The number of hydrogen-bond acceptors (Lipinski definition) is 5. The zero-order valence-corrected chi connectivity index (χ0v) is 20.4. The molecule has 0 aromatic heterocycles. The molecule has 2 aromatic carbocycles. The predicted molar refractivity (Wildman–Crippen MR) is 134 cm³/mol. The third kappa shape index (κ3) is 5.74. The molecule has 1 aliphatic rings. The van der Waals surface area contributed by atoms with Gasteiger partial charge in [-0.15, -0.1) is 6.58 Å². The summed E-state index contributed by atoms with van der Waals surface area (Å²) >= 11 is 17.1. The standard InChI is InChI=1S/C24H22Cl2N2O4S/c1-4-6-16-9-15(10-17-22(29)27-24(33)28(3)23(17)30)12-20(31-5-2)21(16)32-13-14-7-8-18(25)19(26)11-14/h4,7-12H,1,5-6,13H2,2-3H3,(H,27,29,33)/b17-10+. The van der Waals surface area contributed by atoms with E-state index in [1.165, 1.54) is 18.0 Å². The number of nitrogens with one attached hydrogen (secondary N) is 1. The second-order valence-electron chi connectivity index (χ2n) is 7.15. The zero-order chi connectivity index (χ0) is 24.1. The second-order valence-corrected chi connectivity index (χ2v) is 8.35. The van der Waals surface area contributed by atoms with Crippen molar-refractivity contribution in [3.8, 4) is 11.5 Å². The Balaban J connectivity index is 1.99. The number of amides is 2. The number of hydrogen-bond donors (Lipinski definition) is 1. The maximum Gasteiger partial charge on any atom is 0.265 e. The Morgan fingerprint density at radius 1 is 1.15 bits per heavy atom. The smallest absolute Gasteiger partial charge is 0.265 e. The lowest BCUT2D eigenvalue weighted by molar-refractivity contribution is -0.128. The monoisotopic (exact) mass is 504 g/mol. The van der Waals surface area contributed by atoms with Crippen molar-refractivity contribution in [2.75, 3.05) is 13.7 Å². The third-order valence-electron chi connectivity index (χ3n) is 4.80. The molecular formula is C24H22Cl2N2O4S. The van der Waals surface area contributed by atoms with Gasteiger partial charge in [-0.1, -0.05) is 35.3 Å². The number of allylic oxidation sites excluding steroid dienone is 1. The van der Waals surface area contributed by atoms with Gasteiger partial charge in [0, 0.05) is 12.6 Å². The lowest BCUT2D eigenvalue weighted by Crippen LogP contribution is -2.52. The largest absolute Gasteiger partial charge is 0.490 e. The molecule has 1 fully saturated rings. The van der Waals surface area contributed by atoms with Crippen molar-refractivity contribution in [3.05, 3.63) is 75.3 Å². The van der Waals surface area contributed by atoms with Crippen LogP contribution in [0, 0.1) is 0 Å². The molecule has 6 nitrogen and oxygen atoms in total. The SMILES string of the molecule is C=CCc1cc(/C=C2\C(=O)NC(=S)N(C)C2=O)cc(OCC)c1OCc1ccc(Cl)c(Cl)c1. The quantitative estimate of drug-likeness (QED) is 0.238. The van der Waals surface area contributed by atoms with Crippen LogP contribution in [0.1, 0.15) is 23.6 Å². The molecule has 3 rings (SSSR count). The van der Waals surface area contributed by atoms with Crippen molar-refractivity contribution in [2.45, 2.75) is 20.0 Å². The molecule has 2 amide bonds. The van der Waals surface area contributed by atoms with Gasteiger partial charge in [0.1, 0.15) is 12.2 Å². The number of rotatable bonds is 8. The molecule has 0 saturated carbocycles. The Bertz CT molecular complexity index is 1160. The number of benzene rings is 2. The molecule has 1 saturated heterocycles. The highest BCUT2D eigenvalue weighted by molar-refractivity contribution is 7.80. The molecule has 1 aliphatic heterocycles. The highest BCUT2D eigenvalue weighted by Crippen LogP contribution is 2.36. The van der Waals surface area contributed by atoms with Crippen LogP contribution in [0.5, 0.6) is 11.5 Å². The van der Waals surface area contributed by atoms with Crippen LogP contribution < -0.4 is 14.8 Å². The van der Waals surface area contributed by atoms with Gasteiger partial charge in [-0.05, 0) is 67.0 Å². The molecule has 0 radical (unpaired) electrons. The highest BCUT2D eigenvalue weighted by Gasteiger charge is 2.31. The molecule has 33 heavy (non-hydrogen) atoms. The molecule has 1 heterocycles. The van der Waals surface area contributed by atoms with E-state index in [-0.39, 0.29) is 17.3 Å². The molecule has 0 atom stereocenters. The van der Waals surface area contributed by atoms with E-state index in [1.54, 1.807) is 24.3 Å². The van der Waals surface area contributed by atoms with Gasteiger partial charge in [0.15, 0.2) is 16.6 Å². The summed E-state index contributed by atoms with van der Waals surface area (Å²) < 4.78 is 11.9. The van der Waals surface area contributed by atoms with Crippen LogP contribution in [-0.2, 0) is 22.6 Å². The summed E-state index contributed by atoms with van der Waals surface area (Å²) in [5.41, 5.74) is 2.21. The summed E-state index contributed by atoms with van der Waals surface area (Å²) in [5, 5.41) is 3.48. The molecule has 0 bridgehead atoms. The fourth-order valence-corrected chi connectivity index (χ4v) is 3.69. The van der Waals surface area contributed by atoms with Crippen LogP contribution in [0.3, 0.4) is 0 Å². The lowest BCUT2D eigenvalue weighted by atomic mass is 10.0. The summed E-state index contributed by atoms with van der Waals surface area (Å²) in [4.78, 5) is 26.1. The van der Waals surface area contributed by atoms with Crippen molar-refractivity contribution < 1.29 is 19.1 Å². The minimum atomic E-state index is -0.550. The number of carbonyl (C=O) groups excluding carboxylic acids is 2. The maximum atomic E-state index is 12.6. The number of halogens is 2. The molecule has 0 aliphatic carbocycles. The van der Waals surface area contributed by atoms with Crippen molar-refractivity contribution in [2.24, 2.45) is 0 Å². The van der Waals surface area contributed by atoms with Gasteiger partial charge in [-0.25, -0.2) is 0 Å². The average molecular weight is 505 g/mol. The van der Waals surface area contributed by atoms with E-state index in [2.05, 4.69) is 11.9 Å². The van der Waals surface area contributed by atoms with E-state index >= 15 is 0 Å². The van der Waals surface area contributed by atoms with E-state index in [0.717, 1.165) is 11.1 Å². The summed E-state index contributed by atoms with van der Waals surface area (Å²) in [6.45, 7) is 6.31. The zero-order valence-electron chi connectivity index (χ0n) is 18.1. The van der Waals surface area contributed by atoms with Gasteiger partial charge in [0.05, 0.1) is 16.7 Å². The van der Waals surface area contributed by atoms with Gasteiger partial charge >= 0.3 is 0 Å². The Morgan fingerprint density at radius 2 is 1.91 bits per heavy atom. The Kier molecular flexibility index (Phi) is 8.13. The van der Waals surface area contributed by atoms with Gasteiger partial charge in [-0.3, -0.25) is 19.8 Å². The minimum absolute atomic E-state index is 0.0254. The number of ether oxygens (including phenoxy) is 2. The van der Waals surface area contributed by atoms with Crippen LogP contribution in [0.4, 0.5) is 0 Å². The van der Waals surface area contributed by atoms with Crippen molar-refractivity contribution in [1.82, 2.24) is 10.2 Å². The number of likely N-dealkylation sites (N-methyl/N-ethyl adjacent to an activating group) is 1. The average Bonchev–Trinajstić information content (AvgIpc) is 2.77. The third-order valence-corrected chi connectivity index (χ3v) is 5.92. The van der Waals surface area contributed by atoms with Gasteiger partial charge in [0.2, 0.25) is 0 Å².